The number of hydrogen-bond donors (Lipinski definition) is 0. The second kappa shape index (κ2) is 4.42. The molecule has 0 bridgehead atoms. The van der Waals surface area contributed by atoms with Crippen LogP contribution in [0.15, 0.2) is 0 Å². The summed E-state index contributed by atoms with van der Waals surface area (Å²) in [5, 5.41) is 0. The van der Waals surface area contributed by atoms with Crippen molar-refractivity contribution in [2.24, 2.45) is 11.3 Å². The average molecular weight is 212 g/mol. The fourth-order valence-corrected chi connectivity index (χ4v) is 2.14. The number of piperidine rings is 1. The lowest BCUT2D eigenvalue weighted by Crippen LogP contribution is -2.47. The van der Waals surface area contributed by atoms with Crippen LogP contribution in [-0.4, -0.2) is 43.0 Å². The molecule has 0 spiro atoms. The topological polar surface area (TPSA) is 23.6 Å². The maximum absolute atomic E-state index is 11.8. The third-order valence-corrected chi connectivity index (χ3v) is 3.30. The highest BCUT2D eigenvalue weighted by atomic mass is 16.2. The van der Waals surface area contributed by atoms with E-state index in [1.54, 1.807) is 4.90 Å². The average Bonchev–Trinajstić information content (AvgIpc) is 2.15. The third kappa shape index (κ3) is 3.11. The van der Waals surface area contributed by atoms with Gasteiger partial charge in [0.2, 0.25) is 0 Å². The lowest BCUT2D eigenvalue weighted by Gasteiger charge is -2.40. The highest BCUT2D eigenvalue weighted by Gasteiger charge is 2.31. The van der Waals surface area contributed by atoms with E-state index >= 15 is 0 Å². The molecule has 0 aromatic carbocycles. The summed E-state index contributed by atoms with van der Waals surface area (Å²) in [5.74, 6) is 0.634. The van der Waals surface area contributed by atoms with Crippen LogP contribution < -0.4 is 0 Å². The molecule has 3 nitrogen and oxygen atoms in total. The van der Waals surface area contributed by atoms with Crippen molar-refractivity contribution in [3.63, 3.8) is 0 Å². The van der Waals surface area contributed by atoms with Crippen molar-refractivity contribution in [2.45, 2.75) is 33.6 Å². The van der Waals surface area contributed by atoms with Gasteiger partial charge in [-0.05, 0) is 24.2 Å². The zero-order valence-corrected chi connectivity index (χ0v) is 10.7. The van der Waals surface area contributed by atoms with E-state index in [2.05, 4.69) is 20.8 Å². The first-order chi connectivity index (χ1) is 6.82. The monoisotopic (exact) mass is 212 g/mol. The minimum Gasteiger partial charge on any atom is -0.331 e. The smallest absolute Gasteiger partial charge is 0.319 e. The lowest BCUT2D eigenvalue weighted by molar-refractivity contribution is 0.100. The van der Waals surface area contributed by atoms with Gasteiger partial charge >= 0.3 is 6.03 Å². The van der Waals surface area contributed by atoms with Gasteiger partial charge < -0.3 is 9.80 Å². The van der Waals surface area contributed by atoms with Gasteiger partial charge in [0.1, 0.15) is 0 Å². The second-order valence-electron chi connectivity index (χ2n) is 5.83. The fraction of sp³-hybridized carbons (Fsp3) is 0.917. The van der Waals surface area contributed by atoms with Crippen LogP contribution >= 0.6 is 0 Å². The second-order valence-corrected chi connectivity index (χ2v) is 5.83. The largest absolute Gasteiger partial charge is 0.331 e. The van der Waals surface area contributed by atoms with E-state index in [9.17, 15) is 4.79 Å². The fourth-order valence-electron chi connectivity index (χ4n) is 2.14. The minimum atomic E-state index is 0.156. The van der Waals surface area contributed by atoms with Crippen LogP contribution in [0.5, 0.6) is 0 Å². The molecule has 1 atom stereocenters. The molecule has 0 aromatic rings. The van der Waals surface area contributed by atoms with Crippen molar-refractivity contribution in [3.8, 4) is 0 Å². The Morgan fingerprint density at radius 1 is 1.33 bits per heavy atom. The Hall–Kier alpha value is -0.730. The van der Waals surface area contributed by atoms with Gasteiger partial charge in [0, 0.05) is 27.2 Å². The maximum atomic E-state index is 11.8. The first-order valence-electron chi connectivity index (χ1n) is 5.78. The van der Waals surface area contributed by atoms with Crippen LogP contribution in [0.4, 0.5) is 4.79 Å². The summed E-state index contributed by atoms with van der Waals surface area (Å²) in [7, 11) is 3.64. The molecule has 0 saturated carbocycles. The molecule has 0 N–H and O–H groups in total. The Balaban J connectivity index is 2.60. The summed E-state index contributed by atoms with van der Waals surface area (Å²) in [6.07, 6.45) is 2.39. The minimum absolute atomic E-state index is 0.156. The molecule has 1 unspecified atom stereocenters. The van der Waals surface area contributed by atoms with E-state index in [1.165, 1.54) is 6.42 Å². The lowest BCUT2D eigenvalue weighted by atomic mass is 9.76. The molecular weight excluding hydrogens is 188 g/mol. The van der Waals surface area contributed by atoms with Crippen LogP contribution in [0.3, 0.4) is 0 Å². The van der Waals surface area contributed by atoms with Crippen LogP contribution in [0, 0.1) is 11.3 Å². The van der Waals surface area contributed by atoms with Crippen molar-refractivity contribution < 1.29 is 4.79 Å². The molecule has 1 rings (SSSR count). The number of urea groups is 1. The van der Waals surface area contributed by atoms with Gasteiger partial charge in [0.15, 0.2) is 0 Å². The number of amides is 2. The summed E-state index contributed by atoms with van der Waals surface area (Å²) in [6.45, 7) is 8.63. The summed E-state index contributed by atoms with van der Waals surface area (Å²) < 4.78 is 0. The van der Waals surface area contributed by atoms with E-state index < -0.39 is 0 Å². The van der Waals surface area contributed by atoms with Crippen molar-refractivity contribution in [1.29, 1.82) is 0 Å². The summed E-state index contributed by atoms with van der Waals surface area (Å²) in [4.78, 5) is 15.5. The Bertz CT molecular complexity index is 230. The quantitative estimate of drug-likeness (QED) is 0.605. The molecule has 88 valence electrons. The van der Waals surface area contributed by atoms with Crippen LogP contribution in [0.2, 0.25) is 0 Å². The standard InChI is InChI=1S/C12H24N2O/c1-12(2,3)10-7-6-8-14(9-10)11(15)13(4)5/h10H,6-9H2,1-5H3. The van der Waals surface area contributed by atoms with Gasteiger partial charge in [-0.25, -0.2) is 4.79 Å². The third-order valence-electron chi connectivity index (χ3n) is 3.30. The molecule has 1 saturated heterocycles. The summed E-state index contributed by atoms with van der Waals surface area (Å²) >= 11 is 0. The van der Waals surface area contributed by atoms with Gasteiger partial charge in [-0.3, -0.25) is 0 Å². The van der Waals surface area contributed by atoms with Crippen molar-refractivity contribution >= 4 is 6.03 Å². The Morgan fingerprint density at radius 3 is 2.40 bits per heavy atom. The number of rotatable bonds is 0. The van der Waals surface area contributed by atoms with E-state index in [-0.39, 0.29) is 6.03 Å². The number of hydrogen-bond acceptors (Lipinski definition) is 1. The van der Waals surface area contributed by atoms with Gasteiger partial charge in [-0.15, -0.1) is 0 Å². The molecule has 0 radical (unpaired) electrons. The highest BCUT2D eigenvalue weighted by Crippen LogP contribution is 2.33. The molecule has 1 aliphatic heterocycles. The number of carbonyl (C=O) groups excluding carboxylic acids is 1. The molecular formula is C12H24N2O. The van der Waals surface area contributed by atoms with E-state index in [1.807, 2.05) is 19.0 Å². The van der Waals surface area contributed by atoms with E-state index in [0.29, 0.717) is 11.3 Å². The van der Waals surface area contributed by atoms with Gasteiger partial charge in [0.05, 0.1) is 0 Å². The first-order valence-corrected chi connectivity index (χ1v) is 5.78. The Kier molecular flexibility index (Phi) is 3.63. The molecule has 3 heteroatoms. The molecule has 1 fully saturated rings. The maximum Gasteiger partial charge on any atom is 0.319 e. The van der Waals surface area contributed by atoms with Gasteiger partial charge in [0.25, 0.3) is 0 Å². The van der Waals surface area contributed by atoms with Crippen molar-refractivity contribution in [3.05, 3.63) is 0 Å². The first kappa shape index (κ1) is 12.3. The summed E-state index contributed by atoms with van der Waals surface area (Å²) in [5.41, 5.74) is 0.311. The highest BCUT2D eigenvalue weighted by molar-refractivity contribution is 5.73. The molecule has 1 heterocycles. The van der Waals surface area contributed by atoms with Crippen LogP contribution in [-0.2, 0) is 0 Å². The number of carbonyl (C=O) groups is 1. The Morgan fingerprint density at radius 2 is 1.93 bits per heavy atom. The predicted octanol–water partition coefficient (Wildman–Crippen LogP) is 2.43. The Labute approximate surface area is 93.4 Å². The molecule has 1 aliphatic rings. The molecule has 2 amide bonds. The van der Waals surface area contributed by atoms with Crippen molar-refractivity contribution in [2.75, 3.05) is 27.2 Å². The molecule has 0 aromatic heterocycles. The predicted molar refractivity (Wildman–Crippen MR) is 62.8 cm³/mol. The van der Waals surface area contributed by atoms with Crippen LogP contribution in [0.1, 0.15) is 33.6 Å². The van der Waals surface area contributed by atoms with E-state index in [0.717, 1.165) is 19.5 Å². The number of nitrogens with zero attached hydrogens (tertiary/aromatic N) is 2. The van der Waals surface area contributed by atoms with Gasteiger partial charge in [-0.2, -0.15) is 0 Å². The summed E-state index contributed by atoms with van der Waals surface area (Å²) in [6, 6.07) is 0.156. The van der Waals surface area contributed by atoms with Crippen molar-refractivity contribution in [1.82, 2.24) is 9.80 Å². The van der Waals surface area contributed by atoms with Crippen LogP contribution in [0.25, 0.3) is 0 Å². The van der Waals surface area contributed by atoms with Gasteiger partial charge in [-0.1, -0.05) is 20.8 Å². The number of likely N-dealkylation sites (tertiary alicyclic amines) is 1. The normalized spacial score (nSPS) is 22.7. The zero-order valence-electron chi connectivity index (χ0n) is 10.7. The molecule has 15 heavy (non-hydrogen) atoms. The van der Waals surface area contributed by atoms with E-state index in [4.69, 9.17) is 0 Å². The zero-order chi connectivity index (χ0) is 11.6. The molecule has 0 aliphatic carbocycles. The SMILES string of the molecule is CN(C)C(=O)N1CCCC(C(C)(C)C)C1.